The molecule has 0 N–H and O–H groups in total. The highest BCUT2D eigenvalue weighted by Gasteiger charge is 2.09. The molecule has 1 aromatic heterocycles. The van der Waals surface area contributed by atoms with Crippen LogP contribution >= 0.6 is 15.9 Å². The van der Waals surface area contributed by atoms with Gasteiger partial charge in [-0.15, -0.1) is 10.2 Å². The molecule has 1 heterocycles. The summed E-state index contributed by atoms with van der Waals surface area (Å²) in [6, 6.07) is 12.7. The van der Waals surface area contributed by atoms with E-state index in [4.69, 9.17) is 0 Å². The molecule has 0 aliphatic carbocycles. The Kier molecular flexibility index (Phi) is 3.57. The zero-order chi connectivity index (χ0) is 14.1. The summed E-state index contributed by atoms with van der Waals surface area (Å²) in [5, 5.41) is 10.8. The van der Waals surface area contributed by atoms with Crippen LogP contribution in [0, 0.1) is 5.92 Å². The van der Waals surface area contributed by atoms with E-state index in [0.717, 1.165) is 22.4 Å². The Morgan fingerprint density at radius 3 is 2.65 bits per heavy atom. The fourth-order valence-corrected chi connectivity index (χ4v) is 2.74. The zero-order valence-corrected chi connectivity index (χ0v) is 13.1. The lowest BCUT2D eigenvalue weighted by Crippen LogP contribution is -2.05. The van der Waals surface area contributed by atoms with E-state index in [2.05, 4.69) is 80.9 Å². The molecule has 0 unspecified atom stereocenters. The number of hydrogen-bond acceptors (Lipinski definition) is 2. The normalized spacial score (nSPS) is 11.4. The van der Waals surface area contributed by atoms with Crippen LogP contribution in [0.2, 0.25) is 0 Å². The third kappa shape index (κ3) is 2.61. The summed E-state index contributed by atoms with van der Waals surface area (Å²) in [6.07, 6.45) is 1.81. The quantitative estimate of drug-likeness (QED) is 0.707. The minimum atomic E-state index is 0.571. The summed E-state index contributed by atoms with van der Waals surface area (Å²) in [5.74, 6) is 1.50. The Morgan fingerprint density at radius 1 is 1.10 bits per heavy atom. The Bertz CT molecular complexity index is 746. The van der Waals surface area contributed by atoms with Crippen molar-refractivity contribution in [1.82, 2.24) is 14.8 Å². The molecule has 3 aromatic rings. The molecule has 0 aliphatic rings. The second-order valence-electron chi connectivity index (χ2n) is 5.41. The SMILES string of the molecule is CC(C)Cn1cnnc1-c1ccc2cc(Br)ccc2c1. The van der Waals surface area contributed by atoms with Gasteiger partial charge in [-0.3, -0.25) is 0 Å². The third-order valence-electron chi connectivity index (χ3n) is 3.24. The average Bonchev–Trinajstić information content (AvgIpc) is 2.85. The minimum Gasteiger partial charge on any atom is -0.313 e. The Hall–Kier alpha value is -1.68. The van der Waals surface area contributed by atoms with Crippen LogP contribution in [0.4, 0.5) is 0 Å². The summed E-state index contributed by atoms with van der Waals surface area (Å²) in [5.41, 5.74) is 1.11. The number of fused-ring (bicyclic) bond motifs is 1. The zero-order valence-electron chi connectivity index (χ0n) is 11.5. The van der Waals surface area contributed by atoms with E-state index in [1.165, 1.54) is 10.8 Å². The number of benzene rings is 2. The lowest BCUT2D eigenvalue weighted by Gasteiger charge is -2.09. The second-order valence-corrected chi connectivity index (χ2v) is 6.32. The maximum atomic E-state index is 4.27. The molecule has 102 valence electrons. The van der Waals surface area contributed by atoms with Crippen molar-refractivity contribution in [2.45, 2.75) is 20.4 Å². The highest BCUT2D eigenvalue weighted by Crippen LogP contribution is 2.25. The number of aromatic nitrogens is 3. The summed E-state index contributed by atoms with van der Waals surface area (Å²) in [7, 11) is 0. The van der Waals surface area contributed by atoms with Crippen LogP contribution in [0.15, 0.2) is 47.2 Å². The maximum absolute atomic E-state index is 4.27. The van der Waals surface area contributed by atoms with Crippen LogP contribution in [0.5, 0.6) is 0 Å². The van der Waals surface area contributed by atoms with Crippen molar-refractivity contribution in [2.75, 3.05) is 0 Å². The molecule has 0 bridgehead atoms. The van der Waals surface area contributed by atoms with Gasteiger partial charge in [-0.25, -0.2) is 0 Å². The summed E-state index contributed by atoms with van der Waals surface area (Å²) >= 11 is 3.50. The van der Waals surface area contributed by atoms with E-state index in [9.17, 15) is 0 Å². The lowest BCUT2D eigenvalue weighted by atomic mass is 10.1. The first kappa shape index (κ1) is 13.3. The molecule has 0 saturated carbocycles. The first-order chi connectivity index (χ1) is 9.63. The Labute approximate surface area is 126 Å². The van der Waals surface area contributed by atoms with Gasteiger partial charge in [0.25, 0.3) is 0 Å². The third-order valence-corrected chi connectivity index (χ3v) is 3.73. The Morgan fingerprint density at radius 2 is 1.85 bits per heavy atom. The van der Waals surface area contributed by atoms with Crippen LogP contribution < -0.4 is 0 Å². The fourth-order valence-electron chi connectivity index (χ4n) is 2.36. The predicted octanol–water partition coefficient (Wildman–Crippen LogP) is 4.52. The van der Waals surface area contributed by atoms with Gasteiger partial charge in [0.05, 0.1) is 0 Å². The van der Waals surface area contributed by atoms with Gasteiger partial charge >= 0.3 is 0 Å². The molecule has 0 radical (unpaired) electrons. The molecule has 4 heteroatoms. The van der Waals surface area contributed by atoms with Gasteiger partial charge in [-0.2, -0.15) is 0 Å². The van der Waals surface area contributed by atoms with Gasteiger partial charge in [0.2, 0.25) is 0 Å². The number of nitrogens with zero attached hydrogens (tertiary/aromatic N) is 3. The summed E-state index contributed by atoms with van der Waals surface area (Å²) in [6.45, 7) is 5.32. The fraction of sp³-hybridized carbons (Fsp3) is 0.250. The lowest BCUT2D eigenvalue weighted by molar-refractivity contribution is 0.525. The first-order valence-corrected chi connectivity index (χ1v) is 7.50. The predicted molar refractivity (Wildman–Crippen MR) is 85.5 cm³/mol. The van der Waals surface area contributed by atoms with Crippen molar-refractivity contribution >= 4 is 26.7 Å². The van der Waals surface area contributed by atoms with Crippen molar-refractivity contribution in [3.8, 4) is 11.4 Å². The molecule has 3 nitrogen and oxygen atoms in total. The monoisotopic (exact) mass is 329 g/mol. The van der Waals surface area contributed by atoms with E-state index in [-0.39, 0.29) is 0 Å². The molecule has 0 atom stereocenters. The number of rotatable bonds is 3. The average molecular weight is 330 g/mol. The van der Waals surface area contributed by atoms with E-state index >= 15 is 0 Å². The van der Waals surface area contributed by atoms with Crippen molar-refractivity contribution in [2.24, 2.45) is 5.92 Å². The second kappa shape index (κ2) is 5.37. The largest absolute Gasteiger partial charge is 0.313 e. The van der Waals surface area contributed by atoms with E-state index in [1.54, 1.807) is 6.33 Å². The van der Waals surface area contributed by atoms with Crippen LogP contribution in [-0.4, -0.2) is 14.8 Å². The summed E-state index contributed by atoms with van der Waals surface area (Å²) < 4.78 is 3.21. The van der Waals surface area contributed by atoms with Gasteiger partial charge < -0.3 is 4.57 Å². The number of halogens is 1. The first-order valence-electron chi connectivity index (χ1n) is 6.71. The molecular weight excluding hydrogens is 314 g/mol. The minimum absolute atomic E-state index is 0.571. The molecule has 0 saturated heterocycles. The van der Waals surface area contributed by atoms with Crippen molar-refractivity contribution < 1.29 is 0 Å². The van der Waals surface area contributed by atoms with Gasteiger partial charge in [0.1, 0.15) is 6.33 Å². The van der Waals surface area contributed by atoms with Gasteiger partial charge in [-0.05, 0) is 34.9 Å². The molecule has 0 spiro atoms. The molecule has 0 aliphatic heterocycles. The highest BCUT2D eigenvalue weighted by atomic mass is 79.9. The van der Waals surface area contributed by atoms with Gasteiger partial charge in [0.15, 0.2) is 5.82 Å². The van der Waals surface area contributed by atoms with Gasteiger partial charge in [0, 0.05) is 16.6 Å². The number of hydrogen-bond donors (Lipinski definition) is 0. The van der Waals surface area contributed by atoms with Crippen LogP contribution in [0.25, 0.3) is 22.2 Å². The molecule has 0 amide bonds. The highest BCUT2D eigenvalue weighted by molar-refractivity contribution is 9.10. The molecule has 3 rings (SSSR count). The van der Waals surface area contributed by atoms with Crippen LogP contribution in [0.3, 0.4) is 0 Å². The molecular formula is C16H16BrN3. The van der Waals surface area contributed by atoms with Crippen LogP contribution in [-0.2, 0) is 6.54 Å². The van der Waals surface area contributed by atoms with Gasteiger partial charge in [-0.1, -0.05) is 48.0 Å². The van der Waals surface area contributed by atoms with E-state index < -0.39 is 0 Å². The topological polar surface area (TPSA) is 30.7 Å². The van der Waals surface area contributed by atoms with Crippen molar-refractivity contribution in [3.63, 3.8) is 0 Å². The standard InChI is InChI=1S/C16H16BrN3/c1-11(2)9-20-10-18-19-16(20)14-4-3-13-8-15(17)6-5-12(13)7-14/h3-8,10-11H,9H2,1-2H3. The smallest absolute Gasteiger partial charge is 0.163 e. The molecule has 0 fully saturated rings. The Balaban J connectivity index is 2.06. The van der Waals surface area contributed by atoms with Crippen molar-refractivity contribution in [1.29, 1.82) is 0 Å². The van der Waals surface area contributed by atoms with Crippen molar-refractivity contribution in [3.05, 3.63) is 47.2 Å². The molecule has 2 aromatic carbocycles. The van der Waals surface area contributed by atoms with Crippen LogP contribution in [0.1, 0.15) is 13.8 Å². The van der Waals surface area contributed by atoms with E-state index in [1.807, 2.05) is 0 Å². The summed E-state index contributed by atoms with van der Waals surface area (Å²) in [4.78, 5) is 0. The molecule has 20 heavy (non-hydrogen) atoms. The van der Waals surface area contributed by atoms with E-state index in [0.29, 0.717) is 5.92 Å². The maximum Gasteiger partial charge on any atom is 0.163 e.